The summed E-state index contributed by atoms with van der Waals surface area (Å²) in [5, 5.41) is 0. The molecule has 2 nitrogen and oxygen atoms in total. The van der Waals surface area contributed by atoms with Crippen molar-refractivity contribution in [1.82, 2.24) is 5.43 Å². The van der Waals surface area contributed by atoms with E-state index in [1.165, 1.54) is 18.9 Å². The first-order valence-corrected chi connectivity index (χ1v) is 6.39. The van der Waals surface area contributed by atoms with Gasteiger partial charge in [-0.2, -0.15) is 0 Å². The van der Waals surface area contributed by atoms with Crippen molar-refractivity contribution in [1.29, 1.82) is 0 Å². The lowest BCUT2D eigenvalue weighted by Gasteiger charge is -2.16. The highest BCUT2D eigenvalue weighted by molar-refractivity contribution is 9.10. The minimum atomic E-state index is -0.209. The maximum Gasteiger partial charge on any atom is 0.137 e. The van der Waals surface area contributed by atoms with Gasteiger partial charge in [-0.25, -0.2) is 4.39 Å². The van der Waals surface area contributed by atoms with Crippen LogP contribution in [-0.2, 0) is 6.42 Å². The first kappa shape index (κ1) is 12.0. The molecule has 1 atom stereocenters. The first-order chi connectivity index (χ1) is 7.70. The highest BCUT2D eigenvalue weighted by atomic mass is 79.9. The zero-order valence-corrected chi connectivity index (χ0v) is 10.6. The van der Waals surface area contributed by atoms with Gasteiger partial charge in [0.25, 0.3) is 0 Å². The van der Waals surface area contributed by atoms with Gasteiger partial charge in [-0.05, 0) is 46.3 Å². The van der Waals surface area contributed by atoms with Gasteiger partial charge in [0.15, 0.2) is 0 Å². The lowest BCUT2D eigenvalue weighted by Crippen LogP contribution is -2.37. The van der Waals surface area contributed by atoms with Crippen LogP contribution in [0, 0.1) is 11.7 Å². The second-order valence-corrected chi connectivity index (χ2v) is 5.25. The minimum Gasteiger partial charge on any atom is -0.271 e. The second kappa shape index (κ2) is 5.25. The number of halogens is 2. The highest BCUT2D eigenvalue weighted by Crippen LogP contribution is 2.34. The zero-order valence-electron chi connectivity index (χ0n) is 9.05. The van der Waals surface area contributed by atoms with E-state index in [1.807, 2.05) is 6.07 Å². The third-order valence-corrected chi connectivity index (χ3v) is 3.94. The summed E-state index contributed by atoms with van der Waals surface area (Å²) >= 11 is 3.28. The fraction of sp³-hybridized carbons (Fsp3) is 0.500. The van der Waals surface area contributed by atoms with Crippen LogP contribution in [0.3, 0.4) is 0 Å². The number of rotatable bonds is 5. The van der Waals surface area contributed by atoms with Crippen molar-refractivity contribution in [2.45, 2.75) is 31.7 Å². The number of benzene rings is 1. The average Bonchev–Trinajstić information content (AvgIpc) is 3.07. The summed E-state index contributed by atoms with van der Waals surface area (Å²) in [6.07, 6.45) is 4.47. The van der Waals surface area contributed by atoms with Crippen LogP contribution in [0.4, 0.5) is 4.39 Å². The molecule has 1 aliphatic rings. The lowest BCUT2D eigenvalue weighted by atomic mass is 10.0. The van der Waals surface area contributed by atoms with Gasteiger partial charge in [0.1, 0.15) is 5.82 Å². The van der Waals surface area contributed by atoms with Gasteiger partial charge in [-0.15, -0.1) is 0 Å². The van der Waals surface area contributed by atoms with E-state index in [0.717, 1.165) is 24.3 Å². The molecular formula is C12H16BrFN2. The Balaban J connectivity index is 2.02. The molecule has 4 heteroatoms. The molecule has 0 radical (unpaired) electrons. The van der Waals surface area contributed by atoms with Gasteiger partial charge in [0, 0.05) is 6.04 Å². The van der Waals surface area contributed by atoms with E-state index in [4.69, 9.17) is 5.84 Å². The molecule has 88 valence electrons. The van der Waals surface area contributed by atoms with Crippen LogP contribution in [0.2, 0.25) is 0 Å². The van der Waals surface area contributed by atoms with Crippen molar-refractivity contribution in [3.8, 4) is 0 Å². The van der Waals surface area contributed by atoms with Crippen LogP contribution in [0.15, 0.2) is 22.7 Å². The highest BCUT2D eigenvalue weighted by Gasteiger charge is 2.25. The molecule has 2 rings (SSSR count). The van der Waals surface area contributed by atoms with E-state index in [-0.39, 0.29) is 11.9 Å². The molecule has 0 aromatic heterocycles. The summed E-state index contributed by atoms with van der Waals surface area (Å²) in [5.74, 6) is 6.13. The van der Waals surface area contributed by atoms with Crippen LogP contribution < -0.4 is 11.3 Å². The number of nitrogens with one attached hydrogen (secondary N) is 1. The molecule has 1 aliphatic carbocycles. The van der Waals surface area contributed by atoms with Gasteiger partial charge in [-0.3, -0.25) is 11.3 Å². The standard InChI is InChI=1S/C12H16BrFN2/c13-12-9(2-1-3-11(12)14)7-10(16-15)6-8-4-5-8/h1-3,8,10,16H,4-7,15H2. The molecular weight excluding hydrogens is 271 g/mol. The predicted molar refractivity (Wildman–Crippen MR) is 66.3 cm³/mol. The van der Waals surface area contributed by atoms with Crippen molar-refractivity contribution >= 4 is 15.9 Å². The molecule has 0 heterocycles. The zero-order chi connectivity index (χ0) is 11.5. The monoisotopic (exact) mass is 286 g/mol. The Hall–Kier alpha value is -0.450. The Morgan fingerprint density at radius 2 is 2.25 bits per heavy atom. The molecule has 1 unspecified atom stereocenters. The maximum absolute atomic E-state index is 13.3. The van der Waals surface area contributed by atoms with Gasteiger partial charge in [0.05, 0.1) is 4.47 Å². The third-order valence-electron chi connectivity index (χ3n) is 3.05. The molecule has 16 heavy (non-hydrogen) atoms. The molecule has 0 bridgehead atoms. The number of nitrogens with two attached hydrogens (primary N) is 1. The van der Waals surface area contributed by atoms with Crippen LogP contribution in [-0.4, -0.2) is 6.04 Å². The first-order valence-electron chi connectivity index (χ1n) is 5.59. The second-order valence-electron chi connectivity index (χ2n) is 4.46. The Bertz CT molecular complexity index is 366. The molecule has 1 saturated carbocycles. The lowest BCUT2D eigenvalue weighted by molar-refractivity contribution is 0.464. The normalized spacial score (nSPS) is 17.4. The van der Waals surface area contributed by atoms with E-state index in [2.05, 4.69) is 21.4 Å². The molecule has 0 spiro atoms. The SMILES string of the molecule is NNC(Cc1cccc(F)c1Br)CC1CC1. The fourth-order valence-electron chi connectivity index (χ4n) is 1.94. The van der Waals surface area contributed by atoms with Crippen LogP contribution >= 0.6 is 15.9 Å². The van der Waals surface area contributed by atoms with Crippen molar-refractivity contribution in [3.63, 3.8) is 0 Å². The molecule has 0 amide bonds. The Kier molecular flexibility index (Phi) is 3.95. The maximum atomic E-state index is 13.3. The summed E-state index contributed by atoms with van der Waals surface area (Å²) in [4.78, 5) is 0. The minimum absolute atomic E-state index is 0.209. The topological polar surface area (TPSA) is 38.0 Å². The summed E-state index contributed by atoms with van der Waals surface area (Å²) in [6.45, 7) is 0. The van der Waals surface area contributed by atoms with Crippen molar-refractivity contribution in [2.24, 2.45) is 11.8 Å². The Labute approximate surface area is 104 Å². The van der Waals surface area contributed by atoms with E-state index < -0.39 is 0 Å². The third kappa shape index (κ3) is 3.03. The summed E-state index contributed by atoms with van der Waals surface area (Å²) in [5.41, 5.74) is 3.80. The molecule has 0 saturated heterocycles. The van der Waals surface area contributed by atoms with Gasteiger partial charge in [-0.1, -0.05) is 25.0 Å². The van der Waals surface area contributed by atoms with Crippen LogP contribution in [0.5, 0.6) is 0 Å². The van der Waals surface area contributed by atoms with Crippen molar-refractivity contribution in [3.05, 3.63) is 34.1 Å². The van der Waals surface area contributed by atoms with E-state index in [0.29, 0.717) is 4.47 Å². The van der Waals surface area contributed by atoms with Gasteiger partial charge < -0.3 is 0 Å². The van der Waals surface area contributed by atoms with E-state index in [9.17, 15) is 4.39 Å². The van der Waals surface area contributed by atoms with Crippen molar-refractivity contribution < 1.29 is 4.39 Å². The average molecular weight is 287 g/mol. The van der Waals surface area contributed by atoms with Gasteiger partial charge >= 0.3 is 0 Å². The number of hydrazine groups is 1. The summed E-state index contributed by atoms with van der Waals surface area (Å²) in [7, 11) is 0. The Morgan fingerprint density at radius 1 is 1.50 bits per heavy atom. The van der Waals surface area contributed by atoms with E-state index >= 15 is 0 Å². The Morgan fingerprint density at radius 3 is 2.88 bits per heavy atom. The smallest absolute Gasteiger partial charge is 0.137 e. The number of hydrogen-bond acceptors (Lipinski definition) is 2. The molecule has 1 aromatic carbocycles. The molecule has 1 fully saturated rings. The van der Waals surface area contributed by atoms with Crippen molar-refractivity contribution in [2.75, 3.05) is 0 Å². The predicted octanol–water partition coefficient (Wildman–Crippen LogP) is 2.76. The summed E-state index contributed by atoms with van der Waals surface area (Å²) < 4.78 is 13.9. The largest absolute Gasteiger partial charge is 0.271 e. The molecule has 3 N–H and O–H groups in total. The number of hydrogen-bond donors (Lipinski definition) is 2. The molecule has 1 aromatic rings. The van der Waals surface area contributed by atoms with E-state index in [1.54, 1.807) is 6.07 Å². The summed E-state index contributed by atoms with van der Waals surface area (Å²) in [6, 6.07) is 5.37. The quantitative estimate of drug-likeness (QED) is 0.645. The fourth-order valence-corrected chi connectivity index (χ4v) is 2.36. The van der Waals surface area contributed by atoms with Gasteiger partial charge in [0.2, 0.25) is 0 Å². The van der Waals surface area contributed by atoms with Crippen LogP contribution in [0.1, 0.15) is 24.8 Å². The van der Waals surface area contributed by atoms with Crippen LogP contribution in [0.25, 0.3) is 0 Å². The molecule has 0 aliphatic heterocycles.